The van der Waals surface area contributed by atoms with Gasteiger partial charge in [-0.05, 0) is 49.6 Å². The summed E-state index contributed by atoms with van der Waals surface area (Å²) in [6.45, 7) is 2.67. The van der Waals surface area contributed by atoms with Gasteiger partial charge in [-0.2, -0.15) is 0 Å². The normalized spacial score (nSPS) is 13.4. The molecule has 3 N–H and O–H groups in total. The van der Waals surface area contributed by atoms with Crippen LogP contribution in [0.15, 0.2) is 48.5 Å². The Kier molecular flexibility index (Phi) is 6.21. The average Bonchev–Trinajstić information content (AvgIpc) is 3.47. The van der Waals surface area contributed by atoms with Gasteiger partial charge in [0.2, 0.25) is 5.91 Å². The van der Waals surface area contributed by atoms with Crippen LogP contribution in [0.2, 0.25) is 0 Å². The first kappa shape index (κ1) is 19.1. The van der Waals surface area contributed by atoms with Gasteiger partial charge >= 0.3 is 0 Å². The van der Waals surface area contributed by atoms with Crippen LogP contribution in [-0.2, 0) is 4.79 Å². The first-order valence-electron chi connectivity index (χ1n) is 9.18. The number of hydrogen-bond acceptors (Lipinski definition) is 4. The maximum absolute atomic E-state index is 12.7. The molecule has 0 spiro atoms. The third-order valence-electron chi connectivity index (χ3n) is 4.52. The maximum Gasteiger partial charge on any atom is 0.257 e. The molecule has 3 rings (SSSR count). The molecule has 142 valence electrons. The van der Waals surface area contributed by atoms with Gasteiger partial charge in [0.15, 0.2) is 0 Å². The molecule has 0 aromatic heterocycles. The minimum absolute atomic E-state index is 0.0270. The van der Waals surface area contributed by atoms with Crippen LogP contribution in [0.4, 0.5) is 11.4 Å². The summed E-state index contributed by atoms with van der Waals surface area (Å²) in [6.07, 6.45) is 2.12. The largest absolute Gasteiger partial charge is 0.395 e. The van der Waals surface area contributed by atoms with Crippen molar-refractivity contribution in [3.05, 3.63) is 59.7 Å². The molecule has 0 saturated heterocycles. The molecule has 0 heterocycles. The molecule has 27 heavy (non-hydrogen) atoms. The monoisotopic (exact) mass is 367 g/mol. The van der Waals surface area contributed by atoms with Crippen molar-refractivity contribution in [1.82, 2.24) is 4.90 Å². The van der Waals surface area contributed by atoms with Crippen LogP contribution in [0.1, 0.15) is 28.8 Å². The number of benzene rings is 2. The van der Waals surface area contributed by atoms with Gasteiger partial charge < -0.3 is 15.7 Å². The number of anilines is 2. The van der Waals surface area contributed by atoms with Crippen molar-refractivity contribution in [3.63, 3.8) is 0 Å². The Morgan fingerprint density at radius 3 is 2.59 bits per heavy atom. The van der Waals surface area contributed by atoms with Gasteiger partial charge in [-0.3, -0.25) is 14.5 Å². The van der Waals surface area contributed by atoms with E-state index in [1.807, 2.05) is 36.1 Å². The van der Waals surface area contributed by atoms with Crippen LogP contribution in [0.25, 0.3) is 0 Å². The van der Waals surface area contributed by atoms with Gasteiger partial charge in [0.1, 0.15) is 0 Å². The standard InChI is InChI=1S/C21H25N3O3/c1-15-5-4-6-16(13-15)22-21(27)18-7-2-3-8-19(18)23-20(26)14-24(11-12-25)17-9-10-17/h2-8,13,17,25H,9-12,14H2,1H3,(H,22,27)(H,23,26). The Morgan fingerprint density at radius 1 is 1.11 bits per heavy atom. The van der Waals surface area contributed by atoms with Crippen molar-refractivity contribution in [2.75, 3.05) is 30.3 Å². The van der Waals surface area contributed by atoms with E-state index in [4.69, 9.17) is 5.11 Å². The lowest BCUT2D eigenvalue weighted by Gasteiger charge is -2.20. The molecule has 1 aliphatic rings. The van der Waals surface area contributed by atoms with Crippen LogP contribution < -0.4 is 10.6 Å². The molecular weight excluding hydrogens is 342 g/mol. The van der Waals surface area contributed by atoms with E-state index < -0.39 is 0 Å². The maximum atomic E-state index is 12.7. The zero-order valence-electron chi connectivity index (χ0n) is 15.4. The summed E-state index contributed by atoms with van der Waals surface area (Å²) < 4.78 is 0. The fourth-order valence-electron chi connectivity index (χ4n) is 3.04. The zero-order valence-corrected chi connectivity index (χ0v) is 15.4. The molecule has 0 aliphatic heterocycles. The van der Waals surface area contributed by atoms with Crippen LogP contribution in [0, 0.1) is 6.92 Å². The van der Waals surface area contributed by atoms with Gasteiger partial charge in [0, 0.05) is 18.3 Å². The quantitative estimate of drug-likeness (QED) is 0.670. The summed E-state index contributed by atoms with van der Waals surface area (Å²) in [6, 6.07) is 14.9. The number of aliphatic hydroxyl groups excluding tert-OH is 1. The van der Waals surface area contributed by atoms with Gasteiger partial charge in [0.05, 0.1) is 24.4 Å². The Labute approximate surface area is 159 Å². The number of para-hydroxylation sites is 1. The van der Waals surface area contributed by atoms with Gasteiger partial charge in [-0.1, -0.05) is 24.3 Å². The predicted molar refractivity (Wildman–Crippen MR) is 106 cm³/mol. The molecule has 6 nitrogen and oxygen atoms in total. The van der Waals surface area contributed by atoms with Gasteiger partial charge in [0.25, 0.3) is 5.91 Å². The molecule has 2 aromatic carbocycles. The van der Waals surface area contributed by atoms with E-state index in [0.29, 0.717) is 29.5 Å². The van der Waals surface area contributed by atoms with Crippen LogP contribution in [0.3, 0.4) is 0 Å². The van der Waals surface area contributed by atoms with Crippen LogP contribution in [-0.4, -0.2) is 47.6 Å². The summed E-state index contributed by atoms with van der Waals surface area (Å²) in [7, 11) is 0. The van der Waals surface area contributed by atoms with E-state index in [2.05, 4.69) is 10.6 Å². The van der Waals surface area contributed by atoms with Crippen LogP contribution >= 0.6 is 0 Å². The first-order valence-corrected chi connectivity index (χ1v) is 9.18. The fraction of sp³-hybridized carbons (Fsp3) is 0.333. The molecule has 0 unspecified atom stereocenters. The van der Waals surface area contributed by atoms with Crippen molar-refractivity contribution < 1.29 is 14.7 Å². The average molecular weight is 367 g/mol. The predicted octanol–water partition coefficient (Wildman–Crippen LogP) is 2.64. The Morgan fingerprint density at radius 2 is 1.89 bits per heavy atom. The van der Waals surface area contributed by atoms with Crippen molar-refractivity contribution in [3.8, 4) is 0 Å². The number of carbonyl (C=O) groups is 2. The molecule has 2 amide bonds. The highest BCUT2D eigenvalue weighted by Crippen LogP contribution is 2.26. The summed E-state index contributed by atoms with van der Waals surface area (Å²) >= 11 is 0. The Bertz CT molecular complexity index is 818. The highest BCUT2D eigenvalue weighted by molar-refractivity contribution is 6.10. The van der Waals surface area contributed by atoms with Gasteiger partial charge in [-0.25, -0.2) is 0 Å². The highest BCUT2D eigenvalue weighted by Gasteiger charge is 2.29. The zero-order chi connectivity index (χ0) is 19.2. The number of rotatable bonds is 8. The molecule has 2 aromatic rings. The molecule has 0 radical (unpaired) electrons. The van der Waals surface area contributed by atoms with Gasteiger partial charge in [-0.15, -0.1) is 0 Å². The Balaban J connectivity index is 1.67. The number of aliphatic hydroxyl groups is 1. The van der Waals surface area contributed by atoms with E-state index in [0.717, 1.165) is 18.4 Å². The third-order valence-corrected chi connectivity index (χ3v) is 4.52. The second kappa shape index (κ2) is 8.79. The molecule has 1 fully saturated rings. The molecule has 6 heteroatoms. The molecule has 0 atom stereocenters. The van der Waals surface area contributed by atoms with Crippen molar-refractivity contribution in [1.29, 1.82) is 0 Å². The molecular formula is C21H25N3O3. The number of hydrogen-bond donors (Lipinski definition) is 3. The van der Waals surface area contributed by atoms with Crippen molar-refractivity contribution in [2.45, 2.75) is 25.8 Å². The lowest BCUT2D eigenvalue weighted by molar-refractivity contribution is -0.117. The minimum atomic E-state index is -0.272. The van der Waals surface area contributed by atoms with E-state index in [-0.39, 0.29) is 25.0 Å². The van der Waals surface area contributed by atoms with Crippen molar-refractivity contribution >= 4 is 23.2 Å². The number of nitrogens with zero attached hydrogens (tertiary/aromatic N) is 1. The summed E-state index contributed by atoms with van der Waals surface area (Å²) in [4.78, 5) is 27.1. The van der Waals surface area contributed by atoms with Crippen molar-refractivity contribution in [2.24, 2.45) is 0 Å². The number of amides is 2. The third kappa shape index (κ3) is 5.39. The van der Waals surface area contributed by atoms with E-state index in [1.165, 1.54) is 0 Å². The SMILES string of the molecule is Cc1cccc(NC(=O)c2ccccc2NC(=O)CN(CCO)C2CC2)c1. The minimum Gasteiger partial charge on any atom is -0.395 e. The lowest BCUT2D eigenvalue weighted by Crippen LogP contribution is -2.37. The molecule has 1 saturated carbocycles. The summed E-state index contributed by atoms with van der Waals surface area (Å²) in [5.41, 5.74) is 2.65. The second-order valence-corrected chi connectivity index (χ2v) is 6.84. The smallest absolute Gasteiger partial charge is 0.257 e. The van der Waals surface area contributed by atoms with Crippen LogP contribution in [0.5, 0.6) is 0 Å². The van der Waals surface area contributed by atoms with E-state index in [9.17, 15) is 9.59 Å². The first-order chi connectivity index (χ1) is 13.1. The van der Waals surface area contributed by atoms with E-state index in [1.54, 1.807) is 24.3 Å². The molecule has 0 bridgehead atoms. The highest BCUT2D eigenvalue weighted by atomic mass is 16.3. The number of carbonyl (C=O) groups excluding carboxylic acids is 2. The van der Waals surface area contributed by atoms with E-state index >= 15 is 0 Å². The number of nitrogens with one attached hydrogen (secondary N) is 2. The number of aryl methyl sites for hydroxylation is 1. The Hall–Kier alpha value is -2.70. The summed E-state index contributed by atoms with van der Waals surface area (Å²) in [5.74, 6) is -0.461. The fourth-order valence-corrected chi connectivity index (χ4v) is 3.04. The summed E-state index contributed by atoms with van der Waals surface area (Å²) in [5, 5.41) is 14.9. The lowest BCUT2D eigenvalue weighted by atomic mass is 10.1. The second-order valence-electron chi connectivity index (χ2n) is 6.84. The topological polar surface area (TPSA) is 81.7 Å². The molecule has 1 aliphatic carbocycles.